The van der Waals surface area contributed by atoms with E-state index in [1.54, 1.807) is 12.1 Å². The standard InChI is InChI=1S/C21H24F3N3O4S/c22-21(23,24)19-2-1-11-27(19)20(28)15-3-7-16(8-4-15)26-32(29,30)17-9-5-14(6-10-17)18-12-31-13-25-18/h5-6,9-10,12-13,15-16,19,26H,1-4,7-8,11H2/t15-,16-,19-/m1/s1. The lowest BCUT2D eigenvalue weighted by molar-refractivity contribution is -0.184. The summed E-state index contributed by atoms with van der Waals surface area (Å²) < 4.78 is 72.6. The number of hydrogen-bond acceptors (Lipinski definition) is 5. The van der Waals surface area contributed by atoms with Crippen LogP contribution in [0.4, 0.5) is 13.2 Å². The number of nitrogens with zero attached hydrogens (tertiary/aromatic N) is 2. The summed E-state index contributed by atoms with van der Waals surface area (Å²) in [6, 6.07) is 4.16. The first-order valence-corrected chi connectivity index (χ1v) is 12.0. The summed E-state index contributed by atoms with van der Waals surface area (Å²) in [6.07, 6.45) is 0.142. The van der Waals surface area contributed by atoms with Crippen LogP contribution in [0.3, 0.4) is 0 Å². The quantitative estimate of drug-likeness (QED) is 0.717. The number of sulfonamides is 1. The predicted molar refractivity (Wildman–Crippen MR) is 109 cm³/mol. The van der Waals surface area contributed by atoms with Gasteiger partial charge >= 0.3 is 6.18 Å². The van der Waals surface area contributed by atoms with Gasteiger partial charge in [-0.2, -0.15) is 13.2 Å². The average Bonchev–Trinajstić information content (AvgIpc) is 3.46. The van der Waals surface area contributed by atoms with Gasteiger partial charge < -0.3 is 9.32 Å². The van der Waals surface area contributed by atoms with Crippen molar-refractivity contribution in [3.8, 4) is 11.3 Å². The molecular weight excluding hydrogens is 447 g/mol. The number of hydrogen-bond donors (Lipinski definition) is 1. The van der Waals surface area contributed by atoms with Crippen LogP contribution in [-0.4, -0.2) is 49.0 Å². The van der Waals surface area contributed by atoms with Crippen LogP contribution in [0.2, 0.25) is 0 Å². The summed E-state index contributed by atoms with van der Waals surface area (Å²) in [5.41, 5.74) is 1.31. The smallest absolute Gasteiger partial charge is 0.408 e. The highest BCUT2D eigenvalue weighted by Crippen LogP contribution is 2.36. The highest BCUT2D eigenvalue weighted by Gasteiger charge is 2.48. The van der Waals surface area contributed by atoms with Crippen LogP contribution in [-0.2, 0) is 14.8 Å². The first-order valence-electron chi connectivity index (χ1n) is 10.5. The number of alkyl halides is 3. The minimum atomic E-state index is -4.41. The number of benzene rings is 1. The van der Waals surface area contributed by atoms with Crippen molar-refractivity contribution in [1.82, 2.24) is 14.6 Å². The molecule has 4 rings (SSSR count). The lowest BCUT2D eigenvalue weighted by atomic mass is 9.85. The molecule has 1 aliphatic heterocycles. The maximum absolute atomic E-state index is 13.2. The Hall–Kier alpha value is -2.40. The second-order valence-corrected chi connectivity index (χ2v) is 10.0. The Morgan fingerprint density at radius 1 is 1.09 bits per heavy atom. The number of nitrogens with one attached hydrogen (secondary N) is 1. The highest BCUT2D eigenvalue weighted by atomic mass is 32.2. The predicted octanol–water partition coefficient (Wildman–Crippen LogP) is 3.73. The molecule has 1 amide bonds. The van der Waals surface area contributed by atoms with E-state index in [0.717, 1.165) is 10.5 Å². The maximum Gasteiger partial charge on any atom is 0.408 e. The van der Waals surface area contributed by atoms with E-state index in [2.05, 4.69) is 9.71 Å². The molecule has 2 aromatic rings. The molecule has 1 N–H and O–H groups in total. The second-order valence-electron chi connectivity index (χ2n) is 8.30. The normalized spacial score (nSPS) is 24.6. The van der Waals surface area contributed by atoms with E-state index in [4.69, 9.17) is 4.42 Å². The van der Waals surface area contributed by atoms with Crippen molar-refractivity contribution in [1.29, 1.82) is 0 Å². The first kappa shape index (κ1) is 22.8. The van der Waals surface area contributed by atoms with Crippen molar-refractivity contribution in [2.24, 2.45) is 5.92 Å². The Bertz CT molecular complexity index is 1030. The number of carbonyl (C=O) groups is 1. The van der Waals surface area contributed by atoms with Crippen LogP contribution in [0.1, 0.15) is 38.5 Å². The molecule has 174 valence electrons. The molecule has 1 saturated heterocycles. The molecule has 1 aromatic carbocycles. The van der Waals surface area contributed by atoms with Gasteiger partial charge in [-0.15, -0.1) is 0 Å². The molecule has 32 heavy (non-hydrogen) atoms. The summed E-state index contributed by atoms with van der Waals surface area (Å²) in [5.74, 6) is -0.963. The van der Waals surface area contributed by atoms with Gasteiger partial charge in [-0.05, 0) is 50.7 Å². The Kier molecular flexibility index (Phi) is 6.30. The van der Waals surface area contributed by atoms with Gasteiger partial charge in [-0.1, -0.05) is 12.1 Å². The number of rotatable bonds is 5. The number of oxazole rings is 1. The van der Waals surface area contributed by atoms with E-state index < -0.39 is 34.1 Å². The number of halogens is 3. The molecule has 11 heteroatoms. The molecule has 0 radical (unpaired) electrons. The van der Waals surface area contributed by atoms with Crippen LogP contribution < -0.4 is 4.72 Å². The number of carbonyl (C=O) groups excluding carboxylic acids is 1. The molecule has 2 fully saturated rings. The topological polar surface area (TPSA) is 92.5 Å². The van der Waals surface area contributed by atoms with Crippen LogP contribution in [0.15, 0.2) is 46.2 Å². The summed E-state index contributed by atoms with van der Waals surface area (Å²) in [5, 5.41) is 0. The fourth-order valence-electron chi connectivity index (χ4n) is 4.51. The Morgan fingerprint density at radius 3 is 2.38 bits per heavy atom. The van der Waals surface area contributed by atoms with Crippen molar-refractivity contribution in [2.75, 3.05) is 6.54 Å². The number of likely N-dealkylation sites (tertiary alicyclic amines) is 1. The molecule has 1 saturated carbocycles. The fraction of sp³-hybridized carbons (Fsp3) is 0.524. The summed E-state index contributed by atoms with van der Waals surface area (Å²) in [6.45, 7) is 0.125. The Labute approximate surface area is 184 Å². The van der Waals surface area contributed by atoms with Crippen LogP contribution in [0, 0.1) is 5.92 Å². The summed E-state index contributed by atoms with van der Waals surface area (Å²) in [4.78, 5) is 17.8. The largest absolute Gasteiger partial charge is 0.451 e. The van der Waals surface area contributed by atoms with Gasteiger partial charge in [0.2, 0.25) is 15.9 Å². The van der Waals surface area contributed by atoms with Gasteiger partial charge in [0.25, 0.3) is 0 Å². The lowest BCUT2D eigenvalue weighted by Crippen LogP contribution is -2.48. The third kappa shape index (κ3) is 4.83. The van der Waals surface area contributed by atoms with Crippen LogP contribution >= 0.6 is 0 Å². The molecule has 0 unspecified atom stereocenters. The van der Waals surface area contributed by atoms with Crippen LogP contribution in [0.25, 0.3) is 11.3 Å². The second kappa shape index (κ2) is 8.86. The molecule has 2 aliphatic rings. The summed E-state index contributed by atoms with van der Waals surface area (Å²) >= 11 is 0. The molecular formula is C21H24F3N3O4S. The van der Waals surface area contributed by atoms with E-state index in [1.165, 1.54) is 24.8 Å². The minimum absolute atomic E-state index is 0.0557. The molecule has 1 atom stereocenters. The van der Waals surface area contributed by atoms with E-state index in [-0.39, 0.29) is 23.9 Å². The SMILES string of the molecule is O=C([C@H]1CC[C@H](NS(=O)(=O)c2ccc(-c3cocn3)cc2)CC1)N1CCC[C@@H]1C(F)(F)F. The van der Waals surface area contributed by atoms with Crippen molar-refractivity contribution in [3.63, 3.8) is 0 Å². The maximum atomic E-state index is 13.2. The number of amides is 1. The van der Waals surface area contributed by atoms with E-state index in [1.807, 2.05) is 0 Å². The molecule has 1 aromatic heterocycles. The highest BCUT2D eigenvalue weighted by molar-refractivity contribution is 7.89. The number of aromatic nitrogens is 1. The van der Waals surface area contributed by atoms with Gasteiger partial charge in [0.05, 0.1) is 4.90 Å². The van der Waals surface area contributed by atoms with E-state index in [9.17, 15) is 26.4 Å². The van der Waals surface area contributed by atoms with Gasteiger partial charge in [-0.3, -0.25) is 4.79 Å². The Morgan fingerprint density at radius 2 is 1.78 bits per heavy atom. The molecule has 0 spiro atoms. The zero-order chi connectivity index (χ0) is 22.9. The van der Waals surface area contributed by atoms with E-state index >= 15 is 0 Å². The van der Waals surface area contributed by atoms with Gasteiger partial charge in [0.15, 0.2) is 6.39 Å². The zero-order valence-electron chi connectivity index (χ0n) is 17.2. The van der Waals surface area contributed by atoms with Gasteiger partial charge in [-0.25, -0.2) is 18.1 Å². The first-order chi connectivity index (χ1) is 15.1. The van der Waals surface area contributed by atoms with E-state index in [0.29, 0.717) is 37.8 Å². The van der Waals surface area contributed by atoms with Crippen molar-refractivity contribution >= 4 is 15.9 Å². The minimum Gasteiger partial charge on any atom is -0.451 e. The van der Waals surface area contributed by atoms with Crippen molar-refractivity contribution < 1.29 is 30.8 Å². The molecule has 2 heterocycles. The molecule has 0 bridgehead atoms. The average molecular weight is 472 g/mol. The molecule has 1 aliphatic carbocycles. The fourth-order valence-corrected chi connectivity index (χ4v) is 5.82. The van der Waals surface area contributed by atoms with Crippen LogP contribution in [0.5, 0.6) is 0 Å². The zero-order valence-corrected chi connectivity index (χ0v) is 18.0. The van der Waals surface area contributed by atoms with Gasteiger partial charge in [0, 0.05) is 24.1 Å². The van der Waals surface area contributed by atoms with Gasteiger partial charge in [0.1, 0.15) is 18.0 Å². The third-order valence-corrected chi connectivity index (χ3v) is 7.74. The molecule has 7 nitrogen and oxygen atoms in total. The monoisotopic (exact) mass is 471 g/mol. The van der Waals surface area contributed by atoms with Crippen molar-refractivity contribution in [3.05, 3.63) is 36.9 Å². The third-order valence-electron chi connectivity index (χ3n) is 6.20. The lowest BCUT2D eigenvalue weighted by Gasteiger charge is -2.33. The van der Waals surface area contributed by atoms with Crippen molar-refractivity contribution in [2.45, 2.75) is 61.7 Å². The summed E-state index contributed by atoms with van der Waals surface area (Å²) in [7, 11) is -3.76. The Balaban J connectivity index is 1.34.